The molecule has 2 aromatic rings. The molecule has 6 nitrogen and oxygen atoms in total. The Kier molecular flexibility index (Phi) is 8.48. The molecule has 0 N–H and O–H groups in total. The minimum Gasteiger partial charge on any atom is -0.497 e. The van der Waals surface area contributed by atoms with Crippen LogP contribution in [0.4, 0.5) is 5.82 Å². The summed E-state index contributed by atoms with van der Waals surface area (Å²) >= 11 is 0. The molecule has 1 aromatic heterocycles. The van der Waals surface area contributed by atoms with Gasteiger partial charge in [-0.25, -0.2) is 9.97 Å². The SMILES string of the molecule is CCCCC(CC)C(=O)N1CCN(c2nc(C)nc(C)c2Cc2cccc(OC)c2)CC1. The van der Waals surface area contributed by atoms with Gasteiger partial charge in [0.2, 0.25) is 5.91 Å². The van der Waals surface area contributed by atoms with Gasteiger partial charge in [0.25, 0.3) is 0 Å². The van der Waals surface area contributed by atoms with E-state index in [1.165, 1.54) is 5.56 Å². The van der Waals surface area contributed by atoms with Crippen molar-refractivity contribution in [3.05, 3.63) is 46.9 Å². The Morgan fingerprint density at radius 3 is 2.53 bits per heavy atom. The van der Waals surface area contributed by atoms with E-state index in [2.05, 4.69) is 47.7 Å². The van der Waals surface area contributed by atoms with E-state index in [9.17, 15) is 4.79 Å². The van der Waals surface area contributed by atoms with E-state index in [1.54, 1.807) is 7.11 Å². The number of nitrogens with zero attached hydrogens (tertiary/aromatic N) is 4. The van der Waals surface area contributed by atoms with Crippen molar-refractivity contribution >= 4 is 11.7 Å². The Hall–Kier alpha value is -2.63. The Morgan fingerprint density at radius 2 is 1.88 bits per heavy atom. The van der Waals surface area contributed by atoms with Crippen LogP contribution in [0.2, 0.25) is 0 Å². The van der Waals surface area contributed by atoms with E-state index < -0.39 is 0 Å². The lowest BCUT2D eigenvalue weighted by Gasteiger charge is -2.38. The van der Waals surface area contributed by atoms with Crippen molar-refractivity contribution in [2.45, 2.75) is 59.8 Å². The second kappa shape index (κ2) is 11.3. The molecule has 2 heterocycles. The molecule has 0 spiro atoms. The maximum atomic E-state index is 13.0. The molecule has 0 saturated carbocycles. The van der Waals surface area contributed by atoms with Crippen LogP contribution >= 0.6 is 0 Å². The summed E-state index contributed by atoms with van der Waals surface area (Å²) in [4.78, 5) is 26.9. The molecule has 0 aliphatic carbocycles. The van der Waals surface area contributed by atoms with E-state index in [0.29, 0.717) is 5.91 Å². The van der Waals surface area contributed by atoms with Gasteiger partial charge < -0.3 is 14.5 Å². The highest BCUT2D eigenvalue weighted by atomic mass is 16.5. The molecule has 1 atom stereocenters. The van der Waals surface area contributed by atoms with Crippen LogP contribution in [0.5, 0.6) is 5.75 Å². The van der Waals surface area contributed by atoms with Gasteiger partial charge in [0.15, 0.2) is 0 Å². The summed E-state index contributed by atoms with van der Waals surface area (Å²) < 4.78 is 5.40. The zero-order valence-corrected chi connectivity index (χ0v) is 20.4. The van der Waals surface area contributed by atoms with E-state index >= 15 is 0 Å². The smallest absolute Gasteiger partial charge is 0.225 e. The molecule has 1 saturated heterocycles. The molecule has 174 valence electrons. The molecule has 0 radical (unpaired) electrons. The van der Waals surface area contributed by atoms with Crippen molar-refractivity contribution in [1.82, 2.24) is 14.9 Å². The molecular formula is C26H38N4O2. The Balaban J connectivity index is 1.75. The van der Waals surface area contributed by atoms with Crippen LogP contribution in [-0.4, -0.2) is 54.1 Å². The number of methoxy groups -OCH3 is 1. The second-order valence-corrected chi connectivity index (χ2v) is 8.75. The molecule has 32 heavy (non-hydrogen) atoms. The van der Waals surface area contributed by atoms with Gasteiger partial charge in [-0.15, -0.1) is 0 Å². The zero-order valence-electron chi connectivity index (χ0n) is 20.4. The number of rotatable bonds is 9. The first-order chi connectivity index (χ1) is 15.5. The van der Waals surface area contributed by atoms with Gasteiger partial charge in [-0.3, -0.25) is 4.79 Å². The van der Waals surface area contributed by atoms with Crippen molar-refractivity contribution in [1.29, 1.82) is 0 Å². The molecule has 1 unspecified atom stereocenters. The minimum absolute atomic E-state index is 0.161. The first-order valence-corrected chi connectivity index (χ1v) is 12.0. The highest BCUT2D eigenvalue weighted by Crippen LogP contribution is 2.27. The van der Waals surface area contributed by atoms with E-state index in [1.807, 2.05) is 19.1 Å². The number of hydrogen-bond acceptors (Lipinski definition) is 5. The van der Waals surface area contributed by atoms with Gasteiger partial charge in [0, 0.05) is 49.8 Å². The lowest BCUT2D eigenvalue weighted by atomic mass is 9.97. The molecule has 1 fully saturated rings. The fourth-order valence-electron chi connectivity index (χ4n) is 4.52. The van der Waals surface area contributed by atoms with Gasteiger partial charge >= 0.3 is 0 Å². The highest BCUT2D eigenvalue weighted by molar-refractivity contribution is 5.79. The number of anilines is 1. The first-order valence-electron chi connectivity index (χ1n) is 12.0. The van der Waals surface area contributed by atoms with Gasteiger partial charge in [-0.1, -0.05) is 38.8 Å². The maximum Gasteiger partial charge on any atom is 0.225 e. The number of ether oxygens (including phenoxy) is 1. The van der Waals surface area contributed by atoms with Crippen LogP contribution in [0.15, 0.2) is 24.3 Å². The average Bonchev–Trinajstić information content (AvgIpc) is 2.81. The number of carbonyl (C=O) groups excluding carboxylic acids is 1. The highest BCUT2D eigenvalue weighted by Gasteiger charge is 2.28. The first kappa shape index (κ1) is 24.0. The van der Waals surface area contributed by atoms with Gasteiger partial charge in [0.1, 0.15) is 17.4 Å². The zero-order chi connectivity index (χ0) is 23.1. The number of hydrogen-bond donors (Lipinski definition) is 0. The molecule has 0 bridgehead atoms. The number of aromatic nitrogens is 2. The number of carbonyl (C=O) groups is 1. The number of piperazine rings is 1. The van der Waals surface area contributed by atoms with E-state index in [0.717, 1.165) is 86.9 Å². The molecule has 1 amide bonds. The van der Waals surface area contributed by atoms with Crippen LogP contribution < -0.4 is 9.64 Å². The van der Waals surface area contributed by atoms with Gasteiger partial charge in [0.05, 0.1) is 7.11 Å². The van der Waals surface area contributed by atoms with Crippen molar-refractivity contribution < 1.29 is 9.53 Å². The Labute approximate surface area is 193 Å². The standard InChI is InChI=1S/C26H38N4O2/c1-6-8-11-22(7-2)26(31)30-15-13-29(14-16-30)25-24(19(3)27-20(4)28-25)18-21-10-9-12-23(17-21)32-5/h9-10,12,17,22H,6-8,11,13-16,18H2,1-5H3. The third-order valence-electron chi connectivity index (χ3n) is 6.46. The van der Waals surface area contributed by atoms with Crippen molar-refractivity contribution in [2.24, 2.45) is 5.92 Å². The molecule has 1 aliphatic rings. The maximum absolute atomic E-state index is 13.0. The topological polar surface area (TPSA) is 58.6 Å². The van der Waals surface area contributed by atoms with Crippen LogP contribution in [0.25, 0.3) is 0 Å². The fourth-order valence-corrected chi connectivity index (χ4v) is 4.52. The predicted molar refractivity (Wildman–Crippen MR) is 129 cm³/mol. The lowest BCUT2D eigenvalue weighted by molar-refractivity contribution is -0.136. The van der Waals surface area contributed by atoms with Gasteiger partial charge in [-0.05, 0) is 44.4 Å². The minimum atomic E-state index is 0.161. The summed E-state index contributed by atoms with van der Waals surface area (Å²) in [5.74, 6) is 3.13. The second-order valence-electron chi connectivity index (χ2n) is 8.75. The van der Waals surface area contributed by atoms with Crippen LogP contribution in [0.1, 0.15) is 62.2 Å². The summed E-state index contributed by atoms with van der Waals surface area (Å²) in [6, 6.07) is 8.17. The lowest BCUT2D eigenvalue weighted by Crippen LogP contribution is -2.51. The van der Waals surface area contributed by atoms with Gasteiger partial charge in [-0.2, -0.15) is 0 Å². The third kappa shape index (κ3) is 5.78. The Morgan fingerprint density at radius 1 is 1.12 bits per heavy atom. The largest absolute Gasteiger partial charge is 0.497 e. The summed E-state index contributed by atoms with van der Waals surface area (Å²) in [7, 11) is 1.69. The third-order valence-corrected chi connectivity index (χ3v) is 6.46. The summed E-state index contributed by atoms with van der Waals surface area (Å²) in [5, 5.41) is 0. The molecule has 1 aliphatic heterocycles. The van der Waals surface area contributed by atoms with Crippen molar-refractivity contribution in [2.75, 3.05) is 38.2 Å². The molecular weight excluding hydrogens is 400 g/mol. The van der Waals surface area contributed by atoms with Crippen LogP contribution in [0, 0.1) is 19.8 Å². The van der Waals surface area contributed by atoms with Crippen molar-refractivity contribution in [3.8, 4) is 5.75 Å². The normalized spacial score (nSPS) is 15.0. The summed E-state index contributed by atoms with van der Waals surface area (Å²) in [6.07, 6.45) is 4.94. The Bertz CT molecular complexity index is 907. The number of amides is 1. The monoisotopic (exact) mass is 438 g/mol. The van der Waals surface area contributed by atoms with Crippen molar-refractivity contribution in [3.63, 3.8) is 0 Å². The quantitative estimate of drug-likeness (QED) is 0.574. The number of benzene rings is 1. The van der Waals surface area contributed by atoms with E-state index in [-0.39, 0.29) is 5.92 Å². The molecule has 6 heteroatoms. The summed E-state index contributed by atoms with van der Waals surface area (Å²) in [5.41, 5.74) is 3.34. The molecule has 3 rings (SSSR count). The number of aryl methyl sites for hydroxylation is 2. The molecule has 1 aromatic carbocycles. The van der Waals surface area contributed by atoms with Crippen LogP contribution in [0.3, 0.4) is 0 Å². The summed E-state index contributed by atoms with van der Waals surface area (Å²) in [6.45, 7) is 11.4. The number of unbranched alkanes of at least 4 members (excludes halogenated alkanes) is 1. The fraction of sp³-hybridized carbons (Fsp3) is 0.577. The van der Waals surface area contributed by atoms with E-state index in [4.69, 9.17) is 9.72 Å². The predicted octanol–water partition coefficient (Wildman–Crippen LogP) is 4.56. The average molecular weight is 439 g/mol. The van der Waals surface area contributed by atoms with Crippen LogP contribution in [-0.2, 0) is 11.2 Å².